The Morgan fingerprint density at radius 1 is 1.52 bits per heavy atom. The van der Waals surface area contributed by atoms with E-state index in [0.717, 1.165) is 6.42 Å². The molecule has 2 atom stereocenters. The molecule has 7 heteroatoms. The Hall–Kier alpha value is -1.60. The minimum atomic E-state index is -0.671. The number of nitrogens with one attached hydrogen (secondary N) is 1. The smallest absolute Gasteiger partial charge is 0.326 e. The van der Waals surface area contributed by atoms with Crippen LogP contribution in [0.5, 0.6) is 0 Å². The van der Waals surface area contributed by atoms with Gasteiger partial charge in [0.2, 0.25) is 0 Å². The first kappa shape index (κ1) is 15.8. The molecule has 0 aromatic heterocycles. The topological polar surface area (TPSA) is 81.5 Å². The van der Waals surface area contributed by atoms with E-state index in [1.54, 1.807) is 25.2 Å². The Bertz CT molecular complexity index is 552. The molecule has 114 valence electrons. The first-order valence-corrected chi connectivity index (χ1v) is 7.58. The van der Waals surface area contributed by atoms with Gasteiger partial charge in [0, 0.05) is 11.3 Å². The van der Waals surface area contributed by atoms with Crippen molar-refractivity contribution in [3.63, 3.8) is 0 Å². The monoisotopic (exact) mass is 310 g/mol. The predicted molar refractivity (Wildman–Crippen MR) is 80.4 cm³/mol. The van der Waals surface area contributed by atoms with Gasteiger partial charge in [-0.3, -0.25) is 14.9 Å². The molecule has 21 heavy (non-hydrogen) atoms. The fraction of sp³-hybridized carbons (Fsp3) is 0.500. The lowest BCUT2D eigenvalue weighted by Crippen LogP contribution is -2.49. The number of methoxy groups -OCH3 is 1. The van der Waals surface area contributed by atoms with Gasteiger partial charge in [-0.2, -0.15) is 0 Å². The summed E-state index contributed by atoms with van der Waals surface area (Å²) in [6.45, 7) is 0. The number of nitro benzene ring substituents is 1. The van der Waals surface area contributed by atoms with Crippen LogP contribution in [0.2, 0.25) is 0 Å². The number of esters is 1. The Morgan fingerprint density at radius 3 is 2.86 bits per heavy atom. The number of benzene rings is 1. The number of hydrogen-bond acceptors (Lipinski definition) is 6. The van der Waals surface area contributed by atoms with Crippen LogP contribution < -0.4 is 5.32 Å². The van der Waals surface area contributed by atoms with E-state index in [4.69, 9.17) is 4.74 Å². The molecule has 1 aromatic rings. The normalized spacial score (nSPS) is 24.8. The van der Waals surface area contributed by atoms with Crippen molar-refractivity contribution in [3.05, 3.63) is 34.4 Å². The number of ether oxygens (including phenoxy) is 1. The molecule has 0 aliphatic heterocycles. The predicted octanol–water partition coefficient (Wildman–Crippen LogP) is 2.37. The van der Waals surface area contributed by atoms with E-state index < -0.39 is 5.54 Å². The molecule has 0 amide bonds. The van der Waals surface area contributed by atoms with Gasteiger partial charge in [0.15, 0.2) is 0 Å². The standard InChI is InChI=1S/C14H18N2O4S/c1-15-14(13(17)20-2)8-7-10(9-14)21-12-6-4-3-5-11(12)16(18)19/h3-6,10,15H,7-9H2,1-2H3. The Kier molecular flexibility index (Phi) is 4.84. The van der Waals surface area contributed by atoms with Crippen molar-refractivity contribution >= 4 is 23.4 Å². The highest BCUT2D eigenvalue weighted by Gasteiger charge is 2.45. The molecule has 6 nitrogen and oxygen atoms in total. The molecule has 1 aromatic carbocycles. The summed E-state index contributed by atoms with van der Waals surface area (Å²) in [5.74, 6) is -0.268. The Labute approximate surface area is 127 Å². The summed E-state index contributed by atoms with van der Waals surface area (Å²) in [6.07, 6.45) is 2.09. The van der Waals surface area contributed by atoms with Crippen LogP contribution in [0, 0.1) is 10.1 Å². The van der Waals surface area contributed by atoms with Gasteiger partial charge in [0.05, 0.1) is 16.9 Å². The highest BCUT2D eigenvalue weighted by molar-refractivity contribution is 8.00. The zero-order chi connectivity index (χ0) is 15.5. The molecule has 1 aliphatic carbocycles. The summed E-state index contributed by atoms with van der Waals surface area (Å²) >= 11 is 1.46. The second-order valence-corrected chi connectivity index (χ2v) is 6.37. The molecular weight excluding hydrogens is 292 g/mol. The number of thioether (sulfide) groups is 1. The van der Waals surface area contributed by atoms with Crippen molar-refractivity contribution in [1.82, 2.24) is 5.32 Å². The molecule has 1 saturated carbocycles. The third-order valence-corrected chi connectivity index (χ3v) is 5.21. The Morgan fingerprint density at radius 2 is 2.24 bits per heavy atom. The Balaban J connectivity index is 2.13. The van der Waals surface area contributed by atoms with E-state index in [1.165, 1.54) is 24.9 Å². The van der Waals surface area contributed by atoms with E-state index in [2.05, 4.69) is 5.32 Å². The molecule has 2 unspecified atom stereocenters. The molecular formula is C14H18N2O4S. The lowest BCUT2D eigenvalue weighted by Gasteiger charge is -2.25. The largest absolute Gasteiger partial charge is 0.468 e. The third kappa shape index (κ3) is 3.19. The number of carbonyl (C=O) groups is 1. The van der Waals surface area contributed by atoms with Crippen LogP contribution in [0.4, 0.5) is 5.69 Å². The SMILES string of the molecule is CNC1(C(=O)OC)CCC(Sc2ccccc2[N+](=O)[O-])C1. The summed E-state index contributed by atoms with van der Waals surface area (Å²) in [6, 6.07) is 6.70. The molecule has 0 spiro atoms. The first-order valence-electron chi connectivity index (χ1n) is 6.70. The summed E-state index contributed by atoms with van der Waals surface area (Å²) in [4.78, 5) is 23.2. The number of nitro groups is 1. The molecule has 2 rings (SSSR count). The van der Waals surface area contributed by atoms with E-state index in [0.29, 0.717) is 17.7 Å². The van der Waals surface area contributed by atoms with Crippen molar-refractivity contribution in [1.29, 1.82) is 0 Å². The van der Waals surface area contributed by atoms with E-state index in [1.807, 2.05) is 0 Å². The van der Waals surface area contributed by atoms with Crippen LogP contribution in [0.3, 0.4) is 0 Å². The zero-order valence-corrected chi connectivity index (χ0v) is 12.8. The third-order valence-electron chi connectivity index (χ3n) is 3.88. The zero-order valence-electron chi connectivity index (χ0n) is 12.0. The van der Waals surface area contributed by atoms with E-state index >= 15 is 0 Å². The summed E-state index contributed by atoms with van der Waals surface area (Å²) in [7, 11) is 3.12. The minimum absolute atomic E-state index is 0.113. The maximum Gasteiger partial charge on any atom is 0.326 e. The summed E-state index contributed by atoms with van der Waals surface area (Å²) in [5.41, 5.74) is -0.557. The number of para-hydroxylation sites is 1. The highest BCUT2D eigenvalue weighted by Crippen LogP contribution is 2.42. The van der Waals surface area contributed by atoms with E-state index in [9.17, 15) is 14.9 Å². The van der Waals surface area contributed by atoms with Gasteiger partial charge in [0.1, 0.15) is 5.54 Å². The fourth-order valence-electron chi connectivity index (χ4n) is 2.70. The maximum atomic E-state index is 11.9. The van der Waals surface area contributed by atoms with Gasteiger partial charge in [-0.05, 0) is 32.4 Å². The van der Waals surface area contributed by atoms with Gasteiger partial charge in [-0.1, -0.05) is 12.1 Å². The van der Waals surface area contributed by atoms with Gasteiger partial charge >= 0.3 is 5.97 Å². The number of hydrogen-bond donors (Lipinski definition) is 1. The number of nitrogens with zero attached hydrogens (tertiary/aromatic N) is 1. The van der Waals surface area contributed by atoms with Crippen LogP contribution in [0.1, 0.15) is 19.3 Å². The van der Waals surface area contributed by atoms with Crippen LogP contribution in [0.25, 0.3) is 0 Å². The van der Waals surface area contributed by atoms with Gasteiger partial charge < -0.3 is 10.1 Å². The maximum absolute atomic E-state index is 11.9. The van der Waals surface area contributed by atoms with Crippen molar-refractivity contribution in [3.8, 4) is 0 Å². The minimum Gasteiger partial charge on any atom is -0.468 e. The lowest BCUT2D eigenvalue weighted by molar-refractivity contribution is -0.387. The molecule has 1 N–H and O–H groups in total. The molecule has 0 heterocycles. The lowest BCUT2D eigenvalue weighted by atomic mass is 9.98. The second kappa shape index (κ2) is 6.44. The number of likely N-dealkylation sites (N-methyl/N-ethyl adjacent to an activating group) is 1. The number of carbonyl (C=O) groups excluding carboxylic acids is 1. The molecule has 1 aliphatic rings. The van der Waals surface area contributed by atoms with Crippen molar-refractivity contribution < 1.29 is 14.5 Å². The van der Waals surface area contributed by atoms with Crippen LogP contribution in [0.15, 0.2) is 29.2 Å². The van der Waals surface area contributed by atoms with Crippen molar-refractivity contribution in [2.45, 2.75) is 34.9 Å². The summed E-state index contributed by atoms with van der Waals surface area (Å²) in [5, 5.41) is 14.2. The van der Waals surface area contributed by atoms with Gasteiger partial charge in [-0.25, -0.2) is 0 Å². The van der Waals surface area contributed by atoms with Crippen molar-refractivity contribution in [2.75, 3.05) is 14.2 Å². The highest BCUT2D eigenvalue weighted by atomic mass is 32.2. The fourth-order valence-corrected chi connectivity index (χ4v) is 4.08. The quantitative estimate of drug-likeness (QED) is 0.511. The van der Waals surface area contributed by atoms with Crippen molar-refractivity contribution in [2.24, 2.45) is 0 Å². The van der Waals surface area contributed by atoms with Crippen LogP contribution in [-0.4, -0.2) is 35.8 Å². The first-order chi connectivity index (χ1) is 10.0. The average molecular weight is 310 g/mol. The molecule has 0 saturated heterocycles. The average Bonchev–Trinajstić information content (AvgIpc) is 2.91. The molecule has 0 bridgehead atoms. The van der Waals surface area contributed by atoms with Gasteiger partial charge in [-0.15, -0.1) is 11.8 Å². The van der Waals surface area contributed by atoms with Crippen LogP contribution in [-0.2, 0) is 9.53 Å². The van der Waals surface area contributed by atoms with Crippen LogP contribution >= 0.6 is 11.8 Å². The van der Waals surface area contributed by atoms with Gasteiger partial charge in [0.25, 0.3) is 5.69 Å². The molecule has 0 radical (unpaired) electrons. The summed E-state index contributed by atoms with van der Waals surface area (Å²) < 4.78 is 4.87. The molecule has 1 fully saturated rings. The second-order valence-electron chi connectivity index (χ2n) is 5.03. The number of rotatable bonds is 5. The van der Waals surface area contributed by atoms with E-state index in [-0.39, 0.29) is 21.8 Å².